The highest BCUT2D eigenvalue weighted by molar-refractivity contribution is 7.89. The molecule has 0 fully saturated rings. The van der Waals surface area contributed by atoms with Gasteiger partial charge >= 0.3 is 6.18 Å². The maximum Gasteiger partial charge on any atom is 0.416 e. The number of hydrogen-bond acceptors (Lipinski definition) is 4. The number of rotatable bonds is 3. The summed E-state index contributed by atoms with van der Waals surface area (Å²) < 4.78 is 66.7. The van der Waals surface area contributed by atoms with Crippen molar-refractivity contribution in [1.29, 1.82) is 0 Å². The maximum absolute atomic E-state index is 13.1. The Morgan fingerprint density at radius 1 is 0.939 bits per heavy atom. The first-order valence-electron chi connectivity index (χ1n) is 9.92. The molecule has 4 rings (SSSR count). The van der Waals surface area contributed by atoms with Crippen molar-refractivity contribution < 1.29 is 26.4 Å². The molecule has 10 heteroatoms. The molecule has 0 saturated carbocycles. The number of fused-ring (bicyclic) bond motifs is 1. The van der Waals surface area contributed by atoms with Crippen molar-refractivity contribution in [3.8, 4) is 0 Å². The summed E-state index contributed by atoms with van der Waals surface area (Å²) in [5, 5.41) is 5.60. The second-order valence-electron chi connectivity index (χ2n) is 7.86. The minimum absolute atomic E-state index is 0.148. The number of sulfonamides is 1. The van der Waals surface area contributed by atoms with Crippen LogP contribution in [0.5, 0.6) is 0 Å². The Morgan fingerprint density at radius 3 is 2.18 bits per heavy atom. The van der Waals surface area contributed by atoms with Crippen LogP contribution in [0.1, 0.15) is 38.8 Å². The van der Waals surface area contributed by atoms with Gasteiger partial charge in [-0.15, -0.1) is 0 Å². The summed E-state index contributed by atoms with van der Waals surface area (Å²) in [6, 6.07) is 14.2. The predicted octanol–water partition coefficient (Wildman–Crippen LogP) is 4.98. The Labute approximate surface area is 188 Å². The number of carbonyl (C=O) groups is 1. The van der Waals surface area contributed by atoms with E-state index < -0.39 is 27.9 Å². The monoisotopic (exact) mass is 475 g/mol. The zero-order chi connectivity index (χ0) is 24.0. The molecule has 0 spiro atoms. The predicted molar refractivity (Wildman–Crippen MR) is 118 cm³/mol. The van der Waals surface area contributed by atoms with E-state index in [-0.39, 0.29) is 16.5 Å². The van der Waals surface area contributed by atoms with Gasteiger partial charge in [-0.3, -0.25) is 4.79 Å². The first-order chi connectivity index (χ1) is 15.4. The molecule has 1 heterocycles. The molecule has 0 bridgehead atoms. The van der Waals surface area contributed by atoms with Gasteiger partial charge in [-0.05, 0) is 73.0 Å². The van der Waals surface area contributed by atoms with Crippen molar-refractivity contribution in [1.82, 2.24) is 4.72 Å². The molecular weight excluding hydrogens is 455 g/mol. The van der Waals surface area contributed by atoms with Crippen molar-refractivity contribution in [3.63, 3.8) is 0 Å². The van der Waals surface area contributed by atoms with Gasteiger partial charge in [0.2, 0.25) is 10.0 Å². The highest BCUT2D eigenvalue weighted by atomic mass is 32.2. The molecule has 0 unspecified atom stereocenters. The molecule has 3 N–H and O–H groups in total. The van der Waals surface area contributed by atoms with E-state index in [1.165, 1.54) is 24.3 Å². The van der Waals surface area contributed by atoms with Crippen LogP contribution in [-0.2, 0) is 16.2 Å². The summed E-state index contributed by atoms with van der Waals surface area (Å²) in [5.41, 5.74) is 2.34. The standard InChI is InChI=1S/C23H20F3N3O3S/c1-13-9-14(2)11-18(10-13)27-22(30)16-5-3-15(4-6-16)21-28-19-12-17(23(24,25)26)7-8-20(19)33(31,32)29-21/h3-12,21,28-29H,1-2H3,(H,27,30)/t21-/m0/s1. The van der Waals surface area contributed by atoms with E-state index in [0.29, 0.717) is 16.8 Å². The average molecular weight is 475 g/mol. The third-order valence-electron chi connectivity index (χ3n) is 5.16. The average Bonchev–Trinajstić information content (AvgIpc) is 2.71. The third kappa shape index (κ3) is 4.86. The van der Waals surface area contributed by atoms with Gasteiger partial charge in [0.25, 0.3) is 5.91 Å². The number of aryl methyl sites for hydroxylation is 2. The van der Waals surface area contributed by atoms with Crippen LogP contribution in [-0.4, -0.2) is 14.3 Å². The fourth-order valence-electron chi connectivity index (χ4n) is 3.69. The smallest absolute Gasteiger partial charge is 0.364 e. The van der Waals surface area contributed by atoms with E-state index >= 15 is 0 Å². The third-order valence-corrected chi connectivity index (χ3v) is 6.64. The van der Waals surface area contributed by atoms with E-state index in [4.69, 9.17) is 0 Å². The van der Waals surface area contributed by atoms with E-state index in [0.717, 1.165) is 29.3 Å². The van der Waals surface area contributed by atoms with Crippen molar-refractivity contribution in [2.75, 3.05) is 10.6 Å². The van der Waals surface area contributed by atoms with Crippen LogP contribution in [0.15, 0.2) is 65.6 Å². The van der Waals surface area contributed by atoms with Crippen molar-refractivity contribution >= 4 is 27.3 Å². The topological polar surface area (TPSA) is 87.3 Å². The lowest BCUT2D eigenvalue weighted by Crippen LogP contribution is -2.38. The normalized spacial score (nSPS) is 17.1. The molecule has 3 aromatic rings. The molecular formula is C23H20F3N3O3S. The van der Waals surface area contributed by atoms with Crippen molar-refractivity contribution in [2.45, 2.75) is 31.1 Å². The number of nitrogens with one attached hydrogen (secondary N) is 3. The molecule has 33 heavy (non-hydrogen) atoms. The Hall–Kier alpha value is -3.37. The highest BCUT2D eigenvalue weighted by Gasteiger charge is 2.35. The number of anilines is 2. The van der Waals surface area contributed by atoms with Gasteiger partial charge in [0.15, 0.2) is 0 Å². The van der Waals surface area contributed by atoms with Crippen molar-refractivity contribution in [3.05, 3.63) is 88.5 Å². The van der Waals surface area contributed by atoms with Gasteiger partial charge in [-0.2, -0.15) is 17.9 Å². The molecule has 3 aromatic carbocycles. The Bertz CT molecular complexity index is 1320. The lowest BCUT2D eigenvalue weighted by Gasteiger charge is -2.29. The number of halogens is 3. The van der Waals surface area contributed by atoms with Gasteiger partial charge in [0.05, 0.1) is 11.3 Å². The van der Waals surface area contributed by atoms with Gasteiger partial charge in [-0.1, -0.05) is 18.2 Å². The fraction of sp³-hybridized carbons (Fsp3) is 0.174. The Kier molecular flexibility index (Phi) is 5.67. The van der Waals surface area contributed by atoms with E-state index in [1.54, 1.807) is 0 Å². The van der Waals surface area contributed by atoms with Gasteiger partial charge in [0, 0.05) is 11.3 Å². The largest absolute Gasteiger partial charge is 0.416 e. The summed E-state index contributed by atoms with van der Waals surface area (Å²) in [4.78, 5) is 12.3. The Balaban J connectivity index is 1.56. The van der Waals surface area contributed by atoms with E-state index in [9.17, 15) is 26.4 Å². The molecule has 1 aliphatic rings. The Morgan fingerprint density at radius 2 is 1.58 bits per heavy atom. The minimum atomic E-state index is -4.61. The van der Waals surface area contributed by atoms with E-state index in [2.05, 4.69) is 15.4 Å². The zero-order valence-electron chi connectivity index (χ0n) is 17.6. The lowest BCUT2D eigenvalue weighted by molar-refractivity contribution is -0.137. The molecule has 1 atom stereocenters. The number of hydrogen-bond donors (Lipinski definition) is 3. The molecule has 0 aliphatic carbocycles. The number of amides is 1. The summed E-state index contributed by atoms with van der Waals surface area (Å²) in [6.07, 6.45) is -5.60. The molecule has 0 radical (unpaired) electrons. The van der Waals surface area contributed by atoms with Crippen LogP contribution in [0.3, 0.4) is 0 Å². The summed E-state index contributed by atoms with van der Waals surface area (Å²) >= 11 is 0. The minimum Gasteiger partial charge on any atom is -0.364 e. The molecule has 1 aliphatic heterocycles. The summed E-state index contributed by atoms with van der Waals surface area (Å²) in [6.45, 7) is 3.84. The van der Waals surface area contributed by atoms with Gasteiger partial charge in [-0.25, -0.2) is 8.42 Å². The van der Waals surface area contributed by atoms with Gasteiger partial charge in [0.1, 0.15) is 11.1 Å². The quantitative estimate of drug-likeness (QED) is 0.499. The second kappa shape index (κ2) is 8.20. The molecule has 1 amide bonds. The van der Waals surface area contributed by atoms with Crippen LogP contribution in [0.2, 0.25) is 0 Å². The second-order valence-corrected chi connectivity index (χ2v) is 9.54. The summed E-state index contributed by atoms with van der Waals surface area (Å²) in [7, 11) is -4.04. The molecule has 0 saturated heterocycles. The van der Waals surface area contributed by atoms with Crippen LogP contribution in [0, 0.1) is 13.8 Å². The van der Waals surface area contributed by atoms with E-state index in [1.807, 2.05) is 32.0 Å². The van der Waals surface area contributed by atoms with Crippen molar-refractivity contribution in [2.24, 2.45) is 0 Å². The number of carbonyl (C=O) groups excluding carboxylic acids is 1. The fourth-order valence-corrected chi connectivity index (χ4v) is 4.97. The maximum atomic E-state index is 13.1. The highest BCUT2D eigenvalue weighted by Crippen LogP contribution is 2.37. The summed E-state index contributed by atoms with van der Waals surface area (Å²) in [5.74, 6) is -0.344. The van der Waals surface area contributed by atoms with Crippen LogP contribution in [0.4, 0.5) is 24.5 Å². The molecule has 0 aromatic heterocycles. The first kappa shape index (κ1) is 22.8. The number of benzene rings is 3. The van der Waals surface area contributed by atoms with Crippen LogP contribution >= 0.6 is 0 Å². The lowest BCUT2D eigenvalue weighted by atomic mass is 10.1. The SMILES string of the molecule is Cc1cc(C)cc(NC(=O)c2ccc([C@H]3Nc4cc(C(F)(F)F)ccc4S(=O)(=O)N3)cc2)c1. The first-order valence-corrected chi connectivity index (χ1v) is 11.4. The zero-order valence-corrected chi connectivity index (χ0v) is 18.4. The molecule has 6 nitrogen and oxygen atoms in total. The van der Waals surface area contributed by atoms with Crippen LogP contribution in [0.25, 0.3) is 0 Å². The van der Waals surface area contributed by atoms with Gasteiger partial charge < -0.3 is 10.6 Å². The number of alkyl halides is 3. The van der Waals surface area contributed by atoms with Crippen LogP contribution < -0.4 is 15.4 Å². The molecule has 172 valence electrons.